The molecule has 1 N–H and O–H groups in total. The molecule has 3 aromatic rings. The number of hydrogen-bond donors (Lipinski definition) is 1. The smallest absolute Gasteiger partial charge is 0.127 e. The van der Waals surface area contributed by atoms with Crippen molar-refractivity contribution in [1.82, 2.24) is 0 Å². The number of ether oxygens (including phenoxy) is 2. The average Bonchev–Trinajstić information content (AvgIpc) is 2.53. The average molecular weight is 282 g/mol. The minimum atomic E-state index is 0.0419. The first-order chi connectivity index (χ1) is 10.4. The number of aliphatic hydroxyl groups is 1. The highest BCUT2D eigenvalue weighted by atomic mass is 16.5. The van der Waals surface area contributed by atoms with Crippen molar-refractivity contribution in [2.75, 3.05) is 26.4 Å². The molecule has 0 aromatic heterocycles. The standard InChI is InChI=1S/C18H18O3/c19-8-9-20-10-11-21-18-7-3-6-16-12-14-4-1-2-5-15(14)13-17(16)18/h1-7,12-13,19H,8-11H2. The first kappa shape index (κ1) is 13.9. The van der Waals surface area contributed by atoms with E-state index in [2.05, 4.69) is 30.3 Å². The maximum Gasteiger partial charge on any atom is 0.127 e. The normalized spacial score (nSPS) is 11.1. The summed E-state index contributed by atoms with van der Waals surface area (Å²) < 4.78 is 11.0. The monoisotopic (exact) mass is 282 g/mol. The molecule has 0 saturated heterocycles. The van der Waals surface area contributed by atoms with Crippen LogP contribution >= 0.6 is 0 Å². The summed E-state index contributed by atoms with van der Waals surface area (Å²) in [6.45, 7) is 1.35. The van der Waals surface area contributed by atoms with Gasteiger partial charge in [0.2, 0.25) is 0 Å². The Morgan fingerprint density at radius 1 is 0.762 bits per heavy atom. The molecule has 3 heteroatoms. The predicted molar refractivity (Wildman–Crippen MR) is 84.9 cm³/mol. The Labute approximate surface area is 123 Å². The fourth-order valence-electron chi connectivity index (χ4n) is 2.44. The van der Waals surface area contributed by atoms with Crippen LogP contribution in [0.15, 0.2) is 54.6 Å². The quantitative estimate of drug-likeness (QED) is 0.556. The van der Waals surface area contributed by atoms with E-state index >= 15 is 0 Å². The Morgan fingerprint density at radius 3 is 2.33 bits per heavy atom. The SMILES string of the molecule is OCCOCCOc1cccc2cc3ccccc3cc12. The highest BCUT2D eigenvalue weighted by Crippen LogP contribution is 2.29. The van der Waals surface area contributed by atoms with Crippen molar-refractivity contribution in [1.29, 1.82) is 0 Å². The maximum absolute atomic E-state index is 8.66. The molecular formula is C18H18O3. The van der Waals surface area contributed by atoms with Crippen molar-refractivity contribution in [2.45, 2.75) is 0 Å². The minimum absolute atomic E-state index is 0.0419. The lowest BCUT2D eigenvalue weighted by Crippen LogP contribution is -2.09. The molecular weight excluding hydrogens is 264 g/mol. The fraction of sp³-hybridized carbons (Fsp3) is 0.222. The van der Waals surface area contributed by atoms with Crippen molar-refractivity contribution in [3.8, 4) is 5.75 Å². The summed E-state index contributed by atoms with van der Waals surface area (Å²) in [6, 6.07) is 18.7. The van der Waals surface area contributed by atoms with Gasteiger partial charge in [-0.3, -0.25) is 0 Å². The molecule has 3 aromatic carbocycles. The van der Waals surface area contributed by atoms with Gasteiger partial charge < -0.3 is 14.6 Å². The Balaban J connectivity index is 1.86. The van der Waals surface area contributed by atoms with Crippen molar-refractivity contribution in [3.63, 3.8) is 0 Å². The molecule has 0 heterocycles. The lowest BCUT2D eigenvalue weighted by atomic mass is 10.0. The van der Waals surface area contributed by atoms with Crippen LogP contribution in [0, 0.1) is 0 Å². The molecule has 0 aliphatic heterocycles. The second kappa shape index (κ2) is 6.57. The third-order valence-electron chi connectivity index (χ3n) is 3.43. The summed E-state index contributed by atoms with van der Waals surface area (Å²) in [5, 5.41) is 13.4. The zero-order valence-electron chi connectivity index (χ0n) is 11.8. The third-order valence-corrected chi connectivity index (χ3v) is 3.43. The first-order valence-electron chi connectivity index (χ1n) is 7.11. The molecule has 0 saturated carbocycles. The van der Waals surface area contributed by atoms with E-state index in [1.165, 1.54) is 16.2 Å². The van der Waals surface area contributed by atoms with Crippen LogP contribution in [0.3, 0.4) is 0 Å². The summed E-state index contributed by atoms with van der Waals surface area (Å²) >= 11 is 0. The van der Waals surface area contributed by atoms with E-state index in [4.69, 9.17) is 14.6 Å². The summed E-state index contributed by atoms with van der Waals surface area (Å²) in [7, 11) is 0. The van der Waals surface area contributed by atoms with Crippen LogP contribution < -0.4 is 4.74 Å². The molecule has 3 rings (SSSR count). The summed E-state index contributed by atoms with van der Waals surface area (Å²) in [5.74, 6) is 0.867. The second-order valence-electron chi connectivity index (χ2n) is 4.86. The lowest BCUT2D eigenvalue weighted by Gasteiger charge is -2.10. The highest BCUT2D eigenvalue weighted by molar-refractivity contribution is 6.00. The molecule has 0 unspecified atom stereocenters. The third kappa shape index (κ3) is 3.15. The van der Waals surface area contributed by atoms with Gasteiger partial charge in [0.1, 0.15) is 12.4 Å². The van der Waals surface area contributed by atoms with E-state index in [0.29, 0.717) is 19.8 Å². The Hall–Kier alpha value is -2.10. The van der Waals surface area contributed by atoms with Crippen molar-refractivity contribution in [3.05, 3.63) is 54.6 Å². The first-order valence-corrected chi connectivity index (χ1v) is 7.11. The Morgan fingerprint density at radius 2 is 1.52 bits per heavy atom. The zero-order chi connectivity index (χ0) is 14.5. The van der Waals surface area contributed by atoms with E-state index in [9.17, 15) is 0 Å². The van der Waals surface area contributed by atoms with Gasteiger partial charge in [0.15, 0.2) is 0 Å². The van der Waals surface area contributed by atoms with Crippen molar-refractivity contribution in [2.24, 2.45) is 0 Å². The van der Waals surface area contributed by atoms with Crippen LogP contribution in [-0.2, 0) is 4.74 Å². The zero-order valence-corrected chi connectivity index (χ0v) is 11.8. The highest BCUT2D eigenvalue weighted by Gasteiger charge is 2.04. The van der Waals surface area contributed by atoms with Crippen LogP contribution in [0.4, 0.5) is 0 Å². The van der Waals surface area contributed by atoms with E-state index < -0.39 is 0 Å². The van der Waals surface area contributed by atoms with E-state index in [-0.39, 0.29) is 6.61 Å². The molecule has 21 heavy (non-hydrogen) atoms. The number of hydrogen-bond acceptors (Lipinski definition) is 3. The van der Waals surface area contributed by atoms with Gasteiger partial charge in [0.25, 0.3) is 0 Å². The van der Waals surface area contributed by atoms with Gasteiger partial charge in [-0.05, 0) is 34.4 Å². The molecule has 0 fully saturated rings. The van der Waals surface area contributed by atoms with Gasteiger partial charge in [0.05, 0.1) is 19.8 Å². The number of rotatable bonds is 6. The maximum atomic E-state index is 8.66. The Bertz CT molecular complexity index is 737. The molecule has 3 nitrogen and oxygen atoms in total. The van der Waals surface area contributed by atoms with E-state index in [1.807, 2.05) is 24.3 Å². The van der Waals surface area contributed by atoms with Crippen molar-refractivity contribution >= 4 is 21.5 Å². The topological polar surface area (TPSA) is 38.7 Å². The van der Waals surface area contributed by atoms with Gasteiger partial charge >= 0.3 is 0 Å². The molecule has 0 atom stereocenters. The fourth-order valence-corrected chi connectivity index (χ4v) is 2.44. The molecule has 108 valence electrons. The van der Waals surface area contributed by atoms with Gasteiger partial charge in [-0.15, -0.1) is 0 Å². The Kier molecular flexibility index (Phi) is 4.34. The molecule has 0 aliphatic carbocycles. The predicted octanol–water partition coefficient (Wildman–Crippen LogP) is 3.38. The molecule has 0 amide bonds. The van der Waals surface area contributed by atoms with Gasteiger partial charge in [-0.25, -0.2) is 0 Å². The van der Waals surface area contributed by atoms with Crippen molar-refractivity contribution < 1.29 is 14.6 Å². The summed E-state index contributed by atoms with van der Waals surface area (Å²) in [5.41, 5.74) is 0. The van der Waals surface area contributed by atoms with Crippen LogP contribution in [0.1, 0.15) is 0 Å². The summed E-state index contributed by atoms with van der Waals surface area (Å²) in [4.78, 5) is 0. The largest absolute Gasteiger partial charge is 0.491 e. The van der Waals surface area contributed by atoms with Crippen LogP contribution in [0.2, 0.25) is 0 Å². The van der Waals surface area contributed by atoms with Gasteiger partial charge in [-0.2, -0.15) is 0 Å². The van der Waals surface area contributed by atoms with Crippen LogP contribution in [-0.4, -0.2) is 31.5 Å². The summed E-state index contributed by atoms with van der Waals surface area (Å²) in [6.07, 6.45) is 0. The molecule has 0 spiro atoms. The molecule has 0 aliphatic rings. The van der Waals surface area contributed by atoms with Crippen LogP contribution in [0.5, 0.6) is 5.75 Å². The van der Waals surface area contributed by atoms with Crippen LogP contribution in [0.25, 0.3) is 21.5 Å². The second-order valence-corrected chi connectivity index (χ2v) is 4.86. The van der Waals surface area contributed by atoms with E-state index in [0.717, 1.165) is 11.1 Å². The minimum Gasteiger partial charge on any atom is -0.491 e. The molecule has 0 bridgehead atoms. The van der Waals surface area contributed by atoms with Gasteiger partial charge in [-0.1, -0.05) is 36.4 Å². The van der Waals surface area contributed by atoms with E-state index in [1.54, 1.807) is 0 Å². The lowest BCUT2D eigenvalue weighted by molar-refractivity contribution is 0.0708. The molecule has 0 radical (unpaired) electrons. The number of aliphatic hydroxyl groups excluding tert-OH is 1. The number of fused-ring (bicyclic) bond motifs is 2. The number of benzene rings is 3. The van der Waals surface area contributed by atoms with Gasteiger partial charge in [0, 0.05) is 5.39 Å².